The van der Waals surface area contributed by atoms with E-state index in [1.807, 2.05) is 51.7 Å². The first-order chi connectivity index (χ1) is 37.5. The lowest BCUT2D eigenvalue weighted by Gasteiger charge is -2.29. The first kappa shape index (κ1) is 80.3. The SMILES string of the molecule is CC(C)C#CC(C)(C)O.CC(C)C#CC1CC1.CC(C)C1C=CN=N1.CC(C)C1COC1.CC(C)OC(F)(F)F.CC(C)OC(F)F.CC(C)c1cn[nH]c1.CC(C)c1cnoc1.CC(C)c1cscn1.CC(C)n1cc(CO)nn1.[HH]. The number of halogens is 5. The van der Waals surface area contributed by atoms with Gasteiger partial charge in [-0.05, 0) is 109 Å². The largest absolute Gasteiger partial charge is 0.522 e. The van der Waals surface area contributed by atoms with E-state index in [1.54, 1.807) is 68.6 Å². The highest BCUT2D eigenvalue weighted by molar-refractivity contribution is 7.07. The van der Waals surface area contributed by atoms with Crippen molar-refractivity contribution in [2.75, 3.05) is 13.2 Å². The Morgan fingerprint density at radius 2 is 1.41 bits per heavy atom. The molecule has 0 bridgehead atoms. The number of ether oxygens (including phenoxy) is 3. The van der Waals surface area contributed by atoms with Crippen molar-refractivity contribution >= 4 is 11.3 Å². The summed E-state index contributed by atoms with van der Waals surface area (Å²) in [6.07, 6.45) is 9.76. The molecule has 0 aromatic carbocycles. The molecule has 466 valence electrons. The summed E-state index contributed by atoms with van der Waals surface area (Å²) in [6.45, 7) is 42.3. The van der Waals surface area contributed by atoms with Crippen molar-refractivity contribution in [2.24, 2.45) is 45.7 Å². The summed E-state index contributed by atoms with van der Waals surface area (Å²) in [4.78, 5) is 4.13. The standard InChI is InChI=1S/C8H14O.C8H12.C6H11N3O.2C6H10N2.C6H9NO.C6H9NS.C6H12O.C4H7F3O.C4H8F2O.H2/c1-7(2)5-6-8(3,4)9;1-7(2)3-4-8-5-6-8;1-5(2)9-3-6(4-10)7-8-9;1-5(2)6-3-7-8-4-6;1-5(2)6-3-4-7-8-6;1-5(2)6-3-7-8-4-6;1-5(2)6-3-8-4-7-6;1-5(2)6-3-7-4-6;1-3(2)8-4(5,6)7;1-3(2)7-4(5)6;/h7,9H,1-4H3;7-8H,5-6H2,1-2H3;3,5,10H,4H2,1-2H3;3-5H,1-2H3,(H,7,8);3-6H,1-2H3;2*3-5H,1-2H3;5-6H,3-4H2,1-2H3;3H,1-2H3;3-4H,1-2H3;1H. The van der Waals surface area contributed by atoms with Crippen molar-refractivity contribution in [3.05, 3.63) is 76.7 Å². The second-order valence-corrected chi connectivity index (χ2v) is 23.1. The first-order valence-corrected chi connectivity index (χ1v) is 28.8. The van der Waals surface area contributed by atoms with E-state index in [2.05, 4.69) is 167 Å². The number of azo groups is 1. The van der Waals surface area contributed by atoms with E-state index in [-0.39, 0.29) is 14.1 Å². The summed E-state index contributed by atoms with van der Waals surface area (Å²) in [5.74, 6) is 17.6. The summed E-state index contributed by atoms with van der Waals surface area (Å²) >= 11 is 1.66. The van der Waals surface area contributed by atoms with Crippen molar-refractivity contribution in [1.82, 2.24) is 35.3 Å². The molecular weight excluding hydrogens is 1070 g/mol. The number of hydrogen-bond donors (Lipinski definition) is 3. The normalized spacial score (nSPS) is 14.1. The predicted octanol–water partition coefficient (Wildman–Crippen LogP) is 16.5. The molecule has 1 aliphatic carbocycles. The Kier molecular flexibility index (Phi) is 45.2. The molecule has 3 aliphatic rings. The fourth-order valence-electron chi connectivity index (χ4n) is 4.80. The van der Waals surface area contributed by atoms with Gasteiger partial charge in [-0.25, -0.2) is 9.67 Å². The predicted molar refractivity (Wildman–Crippen MR) is 318 cm³/mol. The molecule has 0 spiro atoms. The highest BCUT2D eigenvalue weighted by Crippen LogP contribution is 2.27. The number of nitrogens with zero attached hydrogens (tertiary/aromatic N) is 8. The fourth-order valence-corrected chi connectivity index (χ4v) is 5.52. The maximum absolute atomic E-state index is 11.1. The van der Waals surface area contributed by atoms with Gasteiger partial charge in [0.2, 0.25) is 0 Å². The molecule has 7 rings (SSSR count). The fraction of sp³-hybridized carbons (Fsp3) is 0.717. The van der Waals surface area contributed by atoms with Crippen molar-refractivity contribution in [3.8, 4) is 23.7 Å². The third-order valence-corrected chi connectivity index (χ3v) is 10.6. The minimum absolute atomic E-state index is 0. The molecule has 4 aromatic heterocycles. The smallest absolute Gasteiger partial charge is 0.390 e. The van der Waals surface area contributed by atoms with Crippen molar-refractivity contribution in [3.63, 3.8) is 0 Å². The van der Waals surface area contributed by atoms with Crippen LogP contribution >= 0.6 is 11.3 Å². The molecule has 0 radical (unpaired) electrons. The van der Waals surface area contributed by atoms with Gasteiger partial charge < -0.3 is 24.2 Å². The number of aliphatic hydroxyl groups is 2. The Morgan fingerprint density at radius 3 is 1.59 bits per heavy atom. The highest BCUT2D eigenvalue weighted by Gasteiger charge is 2.30. The molecule has 15 nitrogen and oxygen atoms in total. The summed E-state index contributed by atoms with van der Waals surface area (Å²) in [6, 6.07) is 0.655. The first-order valence-electron chi connectivity index (χ1n) is 27.9. The van der Waals surface area contributed by atoms with Crippen LogP contribution in [0.3, 0.4) is 0 Å². The van der Waals surface area contributed by atoms with E-state index >= 15 is 0 Å². The van der Waals surface area contributed by atoms with E-state index in [9.17, 15) is 22.0 Å². The third kappa shape index (κ3) is 52.9. The lowest BCUT2D eigenvalue weighted by Crippen LogP contribution is -2.31. The van der Waals surface area contributed by atoms with Crippen LogP contribution in [0.1, 0.15) is 213 Å². The van der Waals surface area contributed by atoms with Gasteiger partial charge in [0.1, 0.15) is 17.6 Å². The number of rotatable bonds is 10. The quantitative estimate of drug-likeness (QED) is 0.101. The molecule has 3 N–H and O–H groups in total. The van der Waals surface area contributed by atoms with Gasteiger partial charge in [-0.1, -0.05) is 125 Å². The third-order valence-electron chi connectivity index (χ3n) is 10.0. The van der Waals surface area contributed by atoms with Crippen molar-refractivity contribution < 1.29 is 52.3 Å². The van der Waals surface area contributed by atoms with Crippen LogP contribution in [0.15, 0.2) is 69.0 Å². The zero-order valence-electron chi connectivity index (χ0n) is 52.7. The van der Waals surface area contributed by atoms with Crippen molar-refractivity contribution in [2.45, 2.75) is 232 Å². The van der Waals surface area contributed by atoms with Gasteiger partial charge >= 0.3 is 13.0 Å². The summed E-state index contributed by atoms with van der Waals surface area (Å²) in [5.41, 5.74) is 5.29. The van der Waals surface area contributed by atoms with Crippen LogP contribution in [-0.4, -0.2) is 95.6 Å². The topological polar surface area (TPSA) is 191 Å². The number of nitrogens with one attached hydrogen (secondary N) is 1. The van der Waals surface area contributed by atoms with E-state index < -0.39 is 24.7 Å². The van der Waals surface area contributed by atoms with E-state index in [1.165, 1.54) is 37.9 Å². The van der Waals surface area contributed by atoms with Gasteiger partial charge in [0.05, 0.1) is 67.9 Å². The number of H-pyrrole nitrogens is 1. The molecule has 6 heterocycles. The van der Waals surface area contributed by atoms with Crippen LogP contribution in [0.2, 0.25) is 0 Å². The molecule has 1 unspecified atom stereocenters. The van der Waals surface area contributed by atoms with Gasteiger partial charge in [0.15, 0.2) is 0 Å². The molecule has 81 heavy (non-hydrogen) atoms. The van der Waals surface area contributed by atoms with Crippen molar-refractivity contribution in [1.29, 1.82) is 0 Å². The number of thiazole rings is 1. The Morgan fingerprint density at radius 1 is 0.815 bits per heavy atom. The highest BCUT2D eigenvalue weighted by atomic mass is 32.1. The minimum Gasteiger partial charge on any atom is -0.390 e. The number of aliphatic hydroxyl groups excluding tert-OH is 1. The van der Waals surface area contributed by atoms with E-state index in [4.69, 9.17) is 14.9 Å². The maximum Gasteiger partial charge on any atom is 0.522 e. The zero-order valence-corrected chi connectivity index (χ0v) is 53.5. The van der Waals surface area contributed by atoms with Gasteiger partial charge in [-0.15, -0.1) is 35.5 Å². The van der Waals surface area contributed by atoms with Crippen LogP contribution in [0.4, 0.5) is 22.0 Å². The number of hydrogen-bond acceptors (Lipinski definition) is 14. The minimum atomic E-state index is -4.48. The maximum atomic E-state index is 11.1. The van der Waals surface area contributed by atoms with Gasteiger partial charge in [-0.2, -0.15) is 24.1 Å². The van der Waals surface area contributed by atoms with Crippen LogP contribution in [0, 0.1) is 59.2 Å². The molecule has 1 atom stereocenters. The number of aromatic nitrogens is 7. The average Bonchev–Trinajstić information content (AvgIpc) is 4.07. The average molecular weight is 1170 g/mol. The molecule has 2 fully saturated rings. The van der Waals surface area contributed by atoms with E-state index in [0.717, 1.165) is 36.5 Å². The molecule has 1 saturated carbocycles. The molecular formula is C60H104F5N9O6S. The molecule has 1 saturated heterocycles. The number of aromatic amines is 1. The molecule has 2 aliphatic heterocycles. The second kappa shape index (κ2) is 45.6. The van der Waals surface area contributed by atoms with Gasteiger partial charge in [0, 0.05) is 54.5 Å². The summed E-state index contributed by atoms with van der Waals surface area (Å²) in [5, 5.41) is 45.1. The van der Waals surface area contributed by atoms with Gasteiger partial charge in [0.25, 0.3) is 0 Å². The van der Waals surface area contributed by atoms with Crippen LogP contribution in [0.5, 0.6) is 0 Å². The Bertz CT molecular complexity index is 2120. The molecule has 21 heteroatoms. The van der Waals surface area contributed by atoms with Crippen LogP contribution in [0.25, 0.3) is 0 Å². The zero-order chi connectivity index (χ0) is 62.9. The molecule has 4 aromatic rings. The Balaban J connectivity index is -0.000000412. The number of alkyl halides is 5. The monoisotopic (exact) mass is 1170 g/mol. The van der Waals surface area contributed by atoms with Crippen LogP contribution < -0.4 is 0 Å². The van der Waals surface area contributed by atoms with Crippen LogP contribution in [-0.2, 0) is 20.8 Å². The second-order valence-electron chi connectivity index (χ2n) is 22.4. The molecule has 0 amide bonds. The Hall–Kier alpha value is -4.90. The lowest BCUT2D eigenvalue weighted by atomic mass is 9.95. The summed E-state index contributed by atoms with van der Waals surface area (Å²) < 4.78 is 74.1. The van der Waals surface area contributed by atoms with Gasteiger partial charge in [-0.3, -0.25) is 9.84 Å². The Labute approximate surface area is 489 Å². The summed E-state index contributed by atoms with van der Waals surface area (Å²) in [7, 11) is 0. The van der Waals surface area contributed by atoms with E-state index in [0.29, 0.717) is 53.3 Å². The lowest BCUT2D eigenvalue weighted by molar-refractivity contribution is -0.338.